The van der Waals surface area contributed by atoms with Crippen molar-refractivity contribution in [3.63, 3.8) is 0 Å². The number of aromatic nitrogens is 4. The third-order valence-electron chi connectivity index (χ3n) is 6.57. The van der Waals surface area contributed by atoms with E-state index in [1.54, 1.807) is 4.52 Å². The highest BCUT2D eigenvalue weighted by Gasteiger charge is 2.35. The van der Waals surface area contributed by atoms with Crippen LogP contribution in [0, 0.1) is 12.7 Å². The Labute approximate surface area is 183 Å². The Morgan fingerprint density at radius 3 is 2.48 bits per heavy atom. The van der Waals surface area contributed by atoms with Crippen LogP contribution in [0.4, 0.5) is 4.39 Å². The van der Waals surface area contributed by atoms with Crippen molar-refractivity contribution in [3.8, 4) is 0 Å². The number of aryl methyl sites for hydroxylation is 1. The molecule has 0 aromatic carbocycles. The highest BCUT2D eigenvalue weighted by Crippen LogP contribution is 2.45. The minimum absolute atomic E-state index is 0.0484. The Bertz CT molecular complexity index is 1300. The van der Waals surface area contributed by atoms with E-state index in [2.05, 4.69) is 63.3 Å². The molecule has 162 valence electrons. The van der Waals surface area contributed by atoms with Crippen LogP contribution in [0.1, 0.15) is 81.5 Å². The Morgan fingerprint density at radius 1 is 1.06 bits per heavy atom. The van der Waals surface area contributed by atoms with Crippen molar-refractivity contribution in [3.05, 3.63) is 70.6 Å². The summed E-state index contributed by atoms with van der Waals surface area (Å²) in [6, 6.07) is 7.92. The lowest BCUT2D eigenvalue weighted by molar-refractivity contribution is 0.526. The highest BCUT2D eigenvalue weighted by atomic mass is 19.1. The zero-order valence-corrected chi connectivity index (χ0v) is 19.3. The summed E-state index contributed by atoms with van der Waals surface area (Å²) >= 11 is 0. The molecule has 0 amide bonds. The fourth-order valence-electron chi connectivity index (χ4n) is 5.00. The summed E-state index contributed by atoms with van der Waals surface area (Å²) in [7, 11) is 0. The number of nitrogens with zero attached hydrogens (tertiary/aromatic N) is 4. The molecule has 1 aliphatic rings. The van der Waals surface area contributed by atoms with Gasteiger partial charge in [-0.2, -0.15) is 10.2 Å². The number of halogens is 1. The molecule has 4 heterocycles. The van der Waals surface area contributed by atoms with Gasteiger partial charge in [-0.25, -0.2) is 13.4 Å². The van der Waals surface area contributed by atoms with Gasteiger partial charge in [0.25, 0.3) is 0 Å². The van der Waals surface area contributed by atoms with Crippen molar-refractivity contribution in [1.82, 2.24) is 19.2 Å². The number of fused-ring (bicyclic) bond motifs is 2. The predicted molar refractivity (Wildman–Crippen MR) is 122 cm³/mol. The molecule has 0 unspecified atom stereocenters. The minimum atomic E-state index is -0.275. The molecule has 0 bridgehead atoms. The molecule has 31 heavy (non-hydrogen) atoms. The van der Waals surface area contributed by atoms with Gasteiger partial charge in [0.2, 0.25) is 0 Å². The Kier molecular flexibility index (Phi) is 4.34. The topological polar surface area (TPSA) is 34.6 Å². The summed E-state index contributed by atoms with van der Waals surface area (Å²) in [6.07, 6.45) is 6.69. The normalized spacial score (nSPS) is 15.3. The predicted octanol–water partition coefficient (Wildman–Crippen LogP) is 6.12. The molecule has 0 radical (unpaired) electrons. The van der Waals surface area contributed by atoms with E-state index < -0.39 is 0 Å². The van der Waals surface area contributed by atoms with Gasteiger partial charge >= 0.3 is 0 Å². The molecule has 1 aliphatic carbocycles. The lowest BCUT2D eigenvalue weighted by Gasteiger charge is -2.25. The number of pyridine rings is 2. The van der Waals surface area contributed by atoms with Crippen molar-refractivity contribution in [2.45, 2.75) is 77.6 Å². The van der Waals surface area contributed by atoms with Crippen LogP contribution in [-0.2, 0) is 17.3 Å². The van der Waals surface area contributed by atoms with E-state index in [0.717, 1.165) is 17.5 Å². The molecule has 0 N–H and O–H groups in total. The van der Waals surface area contributed by atoms with E-state index in [0.29, 0.717) is 5.92 Å². The standard InChI is InChI=1S/C26H31FN4/c1-16-11-17(12-22-23(25(2,3)4)24(18-7-8-18)29-31(16)22)13-26(5,6)20-14-28-30-15-19(27)9-10-21(20)30/h9-12,14-15,18H,7-8,13H2,1-6H3. The molecule has 1 fully saturated rings. The molecule has 5 heteroatoms. The summed E-state index contributed by atoms with van der Waals surface area (Å²) in [6.45, 7) is 13.5. The van der Waals surface area contributed by atoms with Gasteiger partial charge < -0.3 is 0 Å². The summed E-state index contributed by atoms with van der Waals surface area (Å²) in [5.41, 5.74) is 8.38. The molecule has 1 saturated carbocycles. The molecular weight excluding hydrogens is 387 g/mol. The average Bonchev–Trinajstić information content (AvgIpc) is 3.28. The Balaban J connectivity index is 1.60. The maximum atomic E-state index is 13.6. The number of hydrogen-bond donors (Lipinski definition) is 0. The first kappa shape index (κ1) is 20.2. The fraction of sp³-hybridized carbons (Fsp3) is 0.462. The Morgan fingerprint density at radius 2 is 1.81 bits per heavy atom. The molecular formula is C26H31FN4. The largest absolute Gasteiger partial charge is 0.238 e. The average molecular weight is 419 g/mol. The maximum absolute atomic E-state index is 13.6. The van der Waals surface area contributed by atoms with E-state index in [4.69, 9.17) is 5.10 Å². The van der Waals surface area contributed by atoms with E-state index in [-0.39, 0.29) is 16.6 Å². The molecule has 0 aliphatic heterocycles. The van der Waals surface area contributed by atoms with Crippen LogP contribution in [0.2, 0.25) is 0 Å². The first-order valence-corrected chi connectivity index (χ1v) is 11.2. The maximum Gasteiger partial charge on any atom is 0.141 e. The van der Waals surface area contributed by atoms with Crippen LogP contribution in [0.5, 0.6) is 0 Å². The first-order valence-electron chi connectivity index (χ1n) is 11.2. The van der Waals surface area contributed by atoms with Crippen molar-refractivity contribution >= 4 is 11.0 Å². The van der Waals surface area contributed by atoms with Crippen LogP contribution < -0.4 is 0 Å². The number of hydrogen-bond acceptors (Lipinski definition) is 2. The molecule has 5 rings (SSSR count). The molecule has 4 nitrogen and oxygen atoms in total. The lowest BCUT2D eigenvalue weighted by atomic mass is 9.79. The van der Waals surface area contributed by atoms with Gasteiger partial charge in [-0.1, -0.05) is 34.6 Å². The quantitative estimate of drug-likeness (QED) is 0.400. The summed E-state index contributed by atoms with van der Waals surface area (Å²) in [5.74, 6) is 0.343. The van der Waals surface area contributed by atoms with E-state index in [1.807, 2.05) is 12.3 Å². The zero-order chi connectivity index (χ0) is 22.1. The molecule has 4 aromatic rings. The van der Waals surface area contributed by atoms with Gasteiger partial charge in [0.1, 0.15) is 5.82 Å². The van der Waals surface area contributed by atoms with Gasteiger partial charge in [0.15, 0.2) is 0 Å². The second-order valence-electron chi connectivity index (χ2n) is 10.9. The monoisotopic (exact) mass is 418 g/mol. The summed E-state index contributed by atoms with van der Waals surface area (Å²) < 4.78 is 17.4. The first-order chi connectivity index (χ1) is 14.5. The van der Waals surface area contributed by atoms with Crippen LogP contribution >= 0.6 is 0 Å². The van der Waals surface area contributed by atoms with Crippen molar-refractivity contribution in [2.24, 2.45) is 0 Å². The van der Waals surface area contributed by atoms with Gasteiger partial charge in [0, 0.05) is 22.7 Å². The fourth-order valence-corrected chi connectivity index (χ4v) is 5.00. The highest BCUT2D eigenvalue weighted by molar-refractivity contribution is 5.63. The van der Waals surface area contributed by atoms with E-state index >= 15 is 0 Å². The second kappa shape index (κ2) is 6.65. The molecule has 0 saturated heterocycles. The summed E-state index contributed by atoms with van der Waals surface area (Å²) in [4.78, 5) is 0. The smallest absolute Gasteiger partial charge is 0.141 e. The van der Waals surface area contributed by atoms with Crippen molar-refractivity contribution in [2.75, 3.05) is 0 Å². The Hall–Kier alpha value is -2.69. The van der Waals surface area contributed by atoms with Crippen LogP contribution in [0.3, 0.4) is 0 Å². The lowest BCUT2D eigenvalue weighted by Crippen LogP contribution is -2.21. The third kappa shape index (κ3) is 3.44. The number of rotatable bonds is 4. The van der Waals surface area contributed by atoms with E-state index in [1.165, 1.54) is 53.1 Å². The minimum Gasteiger partial charge on any atom is -0.238 e. The van der Waals surface area contributed by atoms with Gasteiger partial charge in [-0.15, -0.1) is 0 Å². The van der Waals surface area contributed by atoms with Gasteiger partial charge in [0.05, 0.1) is 29.1 Å². The van der Waals surface area contributed by atoms with Crippen molar-refractivity contribution in [1.29, 1.82) is 0 Å². The van der Waals surface area contributed by atoms with Crippen LogP contribution in [-0.4, -0.2) is 19.2 Å². The van der Waals surface area contributed by atoms with Crippen LogP contribution in [0.15, 0.2) is 36.7 Å². The van der Waals surface area contributed by atoms with Gasteiger partial charge in [-0.05, 0) is 66.8 Å². The second-order valence-corrected chi connectivity index (χ2v) is 10.9. The van der Waals surface area contributed by atoms with Crippen LogP contribution in [0.25, 0.3) is 11.0 Å². The van der Waals surface area contributed by atoms with E-state index in [9.17, 15) is 4.39 Å². The SMILES string of the molecule is Cc1cc(CC(C)(C)c2cnn3cc(F)ccc23)cc2c(C(C)(C)C)c(C3CC3)nn12. The van der Waals surface area contributed by atoms with Gasteiger partial charge in [-0.3, -0.25) is 0 Å². The molecule has 0 atom stereocenters. The van der Waals surface area contributed by atoms with Crippen molar-refractivity contribution < 1.29 is 4.39 Å². The molecule has 0 spiro atoms. The summed E-state index contributed by atoms with van der Waals surface area (Å²) in [5, 5.41) is 9.44. The molecule has 4 aromatic heterocycles. The third-order valence-corrected chi connectivity index (χ3v) is 6.57. The zero-order valence-electron chi connectivity index (χ0n) is 19.3.